The summed E-state index contributed by atoms with van der Waals surface area (Å²) >= 11 is 5.68. The number of halogens is 2. The Labute approximate surface area is 105 Å². The van der Waals surface area contributed by atoms with Crippen LogP contribution in [0.1, 0.15) is 27.2 Å². The molecule has 0 aromatic heterocycles. The molecule has 0 aliphatic rings. The number of rotatable bonds is 3. The van der Waals surface area contributed by atoms with Gasteiger partial charge in [-0.25, -0.2) is 4.39 Å². The summed E-state index contributed by atoms with van der Waals surface area (Å²) in [4.78, 5) is 11.5. The Morgan fingerprint density at radius 1 is 1.35 bits per heavy atom. The van der Waals surface area contributed by atoms with Crippen LogP contribution in [0.25, 0.3) is 0 Å². The van der Waals surface area contributed by atoms with E-state index in [4.69, 9.17) is 11.6 Å². The molecular formula is C12H16ClFN2O. The summed E-state index contributed by atoms with van der Waals surface area (Å²) in [5.41, 5.74) is 5.44. The molecule has 0 unspecified atom stereocenters. The van der Waals surface area contributed by atoms with Gasteiger partial charge in [-0.15, -0.1) is 0 Å². The van der Waals surface area contributed by atoms with Crippen molar-refractivity contribution in [2.75, 3.05) is 5.43 Å². The molecule has 1 aromatic carbocycles. The Bertz CT molecular complexity index is 395. The highest BCUT2D eigenvalue weighted by Crippen LogP contribution is 2.19. The van der Waals surface area contributed by atoms with Crippen LogP contribution in [0, 0.1) is 11.2 Å². The molecule has 0 saturated heterocycles. The molecule has 0 atom stereocenters. The zero-order chi connectivity index (χ0) is 13.1. The number of hydrogen-bond acceptors (Lipinski definition) is 2. The fraction of sp³-hybridized carbons (Fsp3) is 0.417. The molecule has 0 aliphatic carbocycles. The van der Waals surface area contributed by atoms with Crippen LogP contribution in [0.4, 0.5) is 10.1 Å². The van der Waals surface area contributed by atoms with Crippen LogP contribution in [0.2, 0.25) is 5.02 Å². The summed E-state index contributed by atoms with van der Waals surface area (Å²) in [7, 11) is 0. The van der Waals surface area contributed by atoms with E-state index >= 15 is 0 Å². The zero-order valence-corrected chi connectivity index (χ0v) is 10.9. The number of carbonyl (C=O) groups is 1. The third-order valence-corrected chi connectivity index (χ3v) is 2.12. The summed E-state index contributed by atoms with van der Waals surface area (Å²) < 4.78 is 13.0. The molecule has 0 radical (unpaired) electrons. The van der Waals surface area contributed by atoms with E-state index in [1.807, 2.05) is 20.8 Å². The van der Waals surface area contributed by atoms with Gasteiger partial charge in [0.15, 0.2) is 0 Å². The number of carbonyl (C=O) groups excluding carboxylic acids is 1. The fourth-order valence-corrected chi connectivity index (χ4v) is 1.52. The molecule has 0 bridgehead atoms. The molecule has 0 spiro atoms. The highest BCUT2D eigenvalue weighted by Gasteiger charge is 2.15. The Balaban J connectivity index is 2.53. The van der Waals surface area contributed by atoms with E-state index in [1.54, 1.807) is 0 Å². The summed E-state index contributed by atoms with van der Waals surface area (Å²) in [5.74, 6) is -0.608. The number of benzene rings is 1. The topological polar surface area (TPSA) is 41.1 Å². The van der Waals surface area contributed by atoms with Gasteiger partial charge in [-0.1, -0.05) is 32.4 Å². The predicted molar refractivity (Wildman–Crippen MR) is 67.2 cm³/mol. The van der Waals surface area contributed by atoms with Gasteiger partial charge in [0, 0.05) is 11.4 Å². The van der Waals surface area contributed by atoms with Crippen LogP contribution < -0.4 is 10.9 Å². The number of hydrogen-bond donors (Lipinski definition) is 2. The monoisotopic (exact) mass is 258 g/mol. The van der Waals surface area contributed by atoms with Crippen molar-refractivity contribution < 1.29 is 9.18 Å². The molecule has 3 nitrogen and oxygen atoms in total. The Kier molecular flexibility index (Phi) is 4.34. The normalized spacial score (nSPS) is 11.1. The lowest BCUT2D eigenvalue weighted by Gasteiger charge is -2.17. The molecule has 0 fully saturated rings. The largest absolute Gasteiger partial charge is 0.298 e. The summed E-state index contributed by atoms with van der Waals surface area (Å²) in [5, 5.41) is 0.276. The maximum Gasteiger partial charge on any atom is 0.238 e. The summed E-state index contributed by atoms with van der Waals surface area (Å²) in [6.45, 7) is 5.89. The first-order valence-electron chi connectivity index (χ1n) is 5.27. The van der Waals surface area contributed by atoms with Crippen LogP contribution >= 0.6 is 11.6 Å². The van der Waals surface area contributed by atoms with Crippen LogP contribution in [0.15, 0.2) is 18.2 Å². The van der Waals surface area contributed by atoms with Crippen molar-refractivity contribution in [3.8, 4) is 0 Å². The van der Waals surface area contributed by atoms with Gasteiger partial charge in [0.1, 0.15) is 5.82 Å². The van der Waals surface area contributed by atoms with E-state index in [1.165, 1.54) is 18.2 Å². The minimum atomic E-state index is -0.454. The van der Waals surface area contributed by atoms with Gasteiger partial charge in [0.05, 0.1) is 5.69 Å². The van der Waals surface area contributed by atoms with Gasteiger partial charge in [0.2, 0.25) is 5.91 Å². The van der Waals surface area contributed by atoms with Gasteiger partial charge in [-0.2, -0.15) is 0 Å². The van der Waals surface area contributed by atoms with Crippen molar-refractivity contribution in [2.24, 2.45) is 5.41 Å². The minimum Gasteiger partial charge on any atom is -0.298 e. The molecule has 94 valence electrons. The molecule has 1 amide bonds. The van der Waals surface area contributed by atoms with E-state index in [-0.39, 0.29) is 16.3 Å². The maximum atomic E-state index is 13.0. The molecular weight excluding hydrogens is 243 g/mol. The first-order valence-corrected chi connectivity index (χ1v) is 5.65. The zero-order valence-electron chi connectivity index (χ0n) is 10.1. The maximum absolute atomic E-state index is 13.0. The minimum absolute atomic E-state index is 0.0919. The van der Waals surface area contributed by atoms with E-state index in [0.29, 0.717) is 12.1 Å². The second-order valence-corrected chi connectivity index (χ2v) is 5.51. The lowest BCUT2D eigenvalue weighted by Crippen LogP contribution is -2.32. The lowest BCUT2D eigenvalue weighted by molar-refractivity contribution is -0.122. The Morgan fingerprint density at radius 2 is 2.00 bits per heavy atom. The molecule has 0 saturated carbocycles. The highest BCUT2D eigenvalue weighted by molar-refractivity contribution is 6.30. The van der Waals surface area contributed by atoms with Gasteiger partial charge in [-0.05, 0) is 23.6 Å². The molecule has 1 aromatic rings. The number of anilines is 1. The van der Waals surface area contributed by atoms with Gasteiger partial charge >= 0.3 is 0 Å². The van der Waals surface area contributed by atoms with Gasteiger partial charge in [0.25, 0.3) is 0 Å². The van der Waals surface area contributed by atoms with E-state index in [2.05, 4.69) is 10.9 Å². The third-order valence-electron chi connectivity index (χ3n) is 1.90. The van der Waals surface area contributed by atoms with Crippen molar-refractivity contribution in [3.63, 3.8) is 0 Å². The number of amides is 1. The van der Waals surface area contributed by atoms with Crippen LogP contribution in [-0.2, 0) is 4.79 Å². The number of hydrazine groups is 1. The second kappa shape index (κ2) is 5.36. The summed E-state index contributed by atoms with van der Waals surface area (Å²) in [6, 6.07) is 3.98. The molecule has 2 N–H and O–H groups in total. The fourth-order valence-electron chi connectivity index (χ4n) is 1.29. The van der Waals surface area contributed by atoms with E-state index in [9.17, 15) is 9.18 Å². The standard InChI is InChI=1S/C12H16ClFN2O/c1-12(2,3)7-11(17)16-15-10-5-8(13)4-9(14)6-10/h4-6,15H,7H2,1-3H3,(H,16,17). The molecule has 17 heavy (non-hydrogen) atoms. The highest BCUT2D eigenvalue weighted by atomic mass is 35.5. The average molecular weight is 259 g/mol. The van der Waals surface area contributed by atoms with Crippen LogP contribution in [-0.4, -0.2) is 5.91 Å². The van der Waals surface area contributed by atoms with Crippen LogP contribution in [0.5, 0.6) is 0 Å². The van der Waals surface area contributed by atoms with Crippen molar-refractivity contribution >= 4 is 23.2 Å². The van der Waals surface area contributed by atoms with Crippen molar-refractivity contribution in [2.45, 2.75) is 27.2 Å². The first-order chi connectivity index (χ1) is 7.76. The molecule has 5 heteroatoms. The molecule has 0 heterocycles. The van der Waals surface area contributed by atoms with Crippen LogP contribution in [0.3, 0.4) is 0 Å². The quantitative estimate of drug-likeness (QED) is 0.817. The van der Waals surface area contributed by atoms with Crippen molar-refractivity contribution in [1.29, 1.82) is 0 Å². The Hall–Kier alpha value is -1.29. The molecule has 0 aliphatic heterocycles. The third kappa shape index (κ3) is 5.54. The summed E-state index contributed by atoms with van der Waals surface area (Å²) in [6.07, 6.45) is 0.378. The SMILES string of the molecule is CC(C)(C)CC(=O)NNc1cc(F)cc(Cl)c1. The average Bonchev–Trinajstić information content (AvgIpc) is 2.10. The van der Waals surface area contributed by atoms with E-state index < -0.39 is 5.82 Å². The van der Waals surface area contributed by atoms with Crippen molar-refractivity contribution in [1.82, 2.24) is 5.43 Å². The van der Waals surface area contributed by atoms with Crippen molar-refractivity contribution in [3.05, 3.63) is 29.0 Å². The van der Waals surface area contributed by atoms with E-state index in [0.717, 1.165) is 0 Å². The second-order valence-electron chi connectivity index (χ2n) is 5.07. The molecule has 1 rings (SSSR count). The predicted octanol–water partition coefficient (Wildman–Crippen LogP) is 3.36. The lowest BCUT2D eigenvalue weighted by atomic mass is 9.92. The first kappa shape index (κ1) is 13.8. The number of nitrogens with one attached hydrogen (secondary N) is 2. The smallest absolute Gasteiger partial charge is 0.238 e. The van der Waals surface area contributed by atoms with Gasteiger partial charge in [-0.3, -0.25) is 15.6 Å². The van der Waals surface area contributed by atoms with Gasteiger partial charge < -0.3 is 0 Å². The Morgan fingerprint density at radius 3 is 2.53 bits per heavy atom.